The monoisotopic (exact) mass is 318 g/mol. The van der Waals surface area contributed by atoms with Gasteiger partial charge in [0, 0.05) is 20.3 Å². The van der Waals surface area contributed by atoms with Crippen LogP contribution in [0.5, 0.6) is 0 Å². The molecule has 0 aromatic carbocycles. The Morgan fingerprint density at radius 2 is 1.95 bits per heavy atom. The highest BCUT2D eigenvalue weighted by Gasteiger charge is 2.50. The molecule has 0 saturated carbocycles. The van der Waals surface area contributed by atoms with E-state index in [0.29, 0.717) is 0 Å². The number of nitrogens with one attached hydrogen (secondary N) is 2. The van der Waals surface area contributed by atoms with Gasteiger partial charge in [0.15, 0.2) is 6.29 Å². The zero-order valence-electron chi connectivity index (χ0n) is 12.6. The van der Waals surface area contributed by atoms with E-state index < -0.39 is 54.4 Å². The molecule has 1 saturated heterocycles. The summed E-state index contributed by atoms with van der Waals surface area (Å²) in [6.45, 7) is 3.81. The lowest BCUT2D eigenvalue weighted by Crippen LogP contribution is -2.68. The maximum Gasteiger partial charge on any atom is 0.226 e. The summed E-state index contributed by atoms with van der Waals surface area (Å²) >= 11 is 0. The smallest absolute Gasteiger partial charge is 0.226 e. The highest BCUT2D eigenvalue weighted by atomic mass is 16.6. The normalized spacial score (nSPS) is 34.4. The summed E-state index contributed by atoms with van der Waals surface area (Å²) in [5, 5.41) is 34.8. The van der Waals surface area contributed by atoms with Crippen LogP contribution in [0.2, 0.25) is 0 Å². The van der Waals surface area contributed by atoms with Gasteiger partial charge in [-0.05, 0) is 6.92 Å². The quantitative estimate of drug-likeness (QED) is 0.350. The highest BCUT2D eigenvalue weighted by Crippen LogP contribution is 2.29. The molecular weight excluding hydrogens is 296 g/mol. The molecule has 1 heterocycles. The van der Waals surface area contributed by atoms with Gasteiger partial charge in [-0.1, -0.05) is 0 Å². The summed E-state index contributed by atoms with van der Waals surface area (Å²) in [7, 11) is 0. The van der Waals surface area contributed by atoms with E-state index in [2.05, 4.69) is 10.6 Å². The largest absolute Gasteiger partial charge is 0.391 e. The molecule has 0 aromatic rings. The van der Waals surface area contributed by atoms with Crippen molar-refractivity contribution in [2.24, 2.45) is 0 Å². The summed E-state index contributed by atoms with van der Waals surface area (Å²) in [5.74, 6) is -3.21. The Morgan fingerprint density at radius 3 is 2.36 bits per heavy atom. The first-order chi connectivity index (χ1) is 10.1. The van der Waals surface area contributed by atoms with Gasteiger partial charge in [-0.3, -0.25) is 14.4 Å². The first kappa shape index (κ1) is 18.5. The van der Waals surface area contributed by atoms with E-state index >= 15 is 0 Å². The molecule has 0 radical (unpaired) electrons. The van der Waals surface area contributed by atoms with Gasteiger partial charge < -0.3 is 30.7 Å². The van der Waals surface area contributed by atoms with Gasteiger partial charge in [-0.25, -0.2) is 0 Å². The molecule has 2 amide bonds. The molecule has 5 N–H and O–H groups in total. The van der Waals surface area contributed by atoms with Crippen LogP contribution in [0.4, 0.5) is 0 Å². The molecular formula is C13H22N2O7. The molecule has 0 aliphatic carbocycles. The van der Waals surface area contributed by atoms with Crippen LogP contribution in [0, 0.1) is 0 Å². The fourth-order valence-electron chi connectivity index (χ4n) is 2.50. The number of carbonyl (C=O) groups is 3. The van der Waals surface area contributed by atoms with Crippen molar-refractivity contribution in [2.75, 3.05) is 0 Å². The van der Waals surface area contributed by atoms with E-state index in [1.807, 2.05) is 0 Å². The minimum Gasteiger partial charge on any atom is -0.391 e. The van der Waals surface area contributed by atoms with Gasteiger partial charge in [-0.15, -0.1) is 0 Å². The van der Waals surface area contributed by atoms with Crippen LogP contribution < -0.4 is 10.6 Å². The molecule has 126 valence electrons. The Labute approximate surface area is 127 Å². The van der Waals surface area contributed by atoms with Crippen molar-refractivity contribution in [1.82, 2.24) is 10.6 Å². The molecule has 1 aliphatic heterocycles. The Balaban J connectivity index is 3.14. The second-order valence-corrected chi connectivity index (χ2v) is 5.51. The number of rotatable bonds is 5. The Bertz CT molecular complexity index is 424. The van der Waals surface area contributed by atoms with Gasteiger partial charge in [0.2, 0.25) is 17.6 Å². The lowest BCUT2D eigenvalue weighted by molar-refractivity contribution is -0.265. The van der Waals surface area contributed by atoms with Crippen molar-refractivity contribution in [2.45, 2.75) is 63.4 Å². The van der Waals surface area contributed by atoms with Crippen molar-refractivity contribution in [3.8, 4) is 0 Å². The number of hydrogen-bond donors (Lipinski definition) is 5. The number of ether oxygens (including phenoxy) is 1. The predicted octanol–water partition coefficient (Wildman–Crippen LogP) is -2.59. The van der Waals surface area contributed by atoms with E-state index in [1.54, 1.807) is 0 Å². The summed E-state index contributed by atoms with van der Waals surface area (Å²) < 4.78 is 5.27. The number of aliphatic hydroxyl groups excluding tert-OH is 2. The standard InChI is InChI=1S/C13H22N2O7/c1-6(17)10(14-7(2)18)12-11(15-8(3)19)9(20)4-13(21,5-16)22-12/h5-6,9-12,17,20-21H,4H2,1-3H3,(H,14,18)(H,15,19)/t6-,9-,10-,11?,12?,13-/m1/s1. The fraction of sp³-hybridized carbons (Fsp3) is 0.769. The maximum absolute atomic E-state index is 11.3. The zero-order valence-corrected chi connectivity index (χ0v) is 12.6. The van der Waals surface area contributed by atoms with Crippen molar-refractivity contribution < 1.29 is 34.4 Å². The van der Waals surface area contributed by atoms with Gasteiger partial charge in [0.25, 0.3) is 0 Å². The van der Waals surface area contributed by atoms with Crippen LogP contribution in [0.1, 0.15) is 27.2 Å². The van der Waals surface area contributed by atoms with E-state index in [9.17, 15) is 29.7 Å². The van der Waals surface area contributed by atoms with E-state index in [-0.39, 0.29) is 6.29 Å². The van der Waals surface area contributed by atoms with Gasteiger partial charge in [0.1, 0.15) is 6.10 Å². The van der Waals surface area contributed by atoms with Gasteiger partial charge in [-0.2, -0.15) is 0 Å². The minimum absolute atomic E-state index is 0.125. The van der Waals surface area contributed by atoms with Crippen molar-refractivity contribution >= 4 is 18.1 Å². The Hall–Kier alpha value is -1.55. The molecule has 0 bridgehead atoms. The third kappa shape index (κ3) is 4.47. The highest BCUT2D eigenvalue weighted by molar-refractivity contribution is 5.74. The maximum atomic E-state index is 11.3. The van der Waals surface area contributed by atoms with E-state index in [4.69, 9.17) is 4.74 Å². The Morgan fingerprint density at radius 1 is 1.36 bits per heavy atom. The van der Waals surface area contributed by atoms with E-state index in [1.165, 1.54) is 20.8 Å². The molecule has 0 aromatic heterocycles. The number of hydrogen-bond acceptors (Lipinski definition) is 7. The number of carbonyl (C=O) groups excluding carboxylic acids is 3. The van der Waals surface area contributed by atoms with Crippen LogP contribution in [0.15, 0.2) is 0 Å². The van der Waals surface area contributed by atoms with Gasteiger partial charge >= 0.3 is 0 Å². The summed E-state index contributed by atoms with van der Waals surface area (Å²) in [4.78, 5) is 33.6. The third-order valence-electron chi connectivity index (χ3n) is 3.41. The minimum atomic E-state index is -2.26. The summed E-state index contributed by atoms with van der Waals surface area (Å²) in [5.41, 5.74) is 0. The molecule has 9 nitrogen and oxygen atoms in total. The number of aldehydes is 1. The average molecular weight is 318 g/mol. The molecule has 0 spiro atoms. The first-order valence-electron chi connectivity index (χ1n) is 6.86. The molecule has 9 heteroatoms. The summed E-state index contributed by atoms with van der Waals surface area (Å²) in [6, 6.07) is -2.06. The topological polar surface area (TPSA) is 145 Å². The first-order valence-corrected chi connectivity index (χ1v) is 6.86. The van der Waals surface area contributed by atoms with Crippen LogP contribution in [-0.4, -0.2) is 69.6 Å². The van der Waals surface area contributed by atoms with Gasteiger partial charge in [0.05, 0.1) is 24.3 Å². The van der Waals surface area contributed by atoms with Crippen LogP contribution in [0.25, 0.3) is 0 Å². The molecule has 22 heavy (non-hydrogen) atoms. The van der Waals surface area contributed by atoms with Crippen molar-refractivity contribution in [1.29, 1.82) is 0 Å². The second kappa shape index (κ2) is 7.14. The summed E-state index contributed by atoms with van der Waals surface area (Å²) in [6.07, 6.45) is -3.93. The van der Waals surface area contributed by atoms with Crippen molar-refractivity contribution in [3.05, 3.63) is 0 Å². The van der Waals surface area contributed by atoms with Crippen LogP contribution >= 0.6 is 0 Å². The van der Waals surface area contributed by atoms with Crippen molar-refractivity contribution in [3.63, 3.8) is 0 Å². The van der Waals surface area contributed by atoms with Crippen LogP contribution in [-0.2, 0) is 19.1 Å². The fourth-order valence-corrected chi connectivity index (χ4v) is 2.50. The molecule has 2 unspecified atom stereocenters. The predicted molar refractivity (Wildman–Crippen MR) is 73.4 cm³/mol. The number of aliphatic hydroxyl groups is 3. The number of amides is 2. The lowest BCUT2D eigenvalue weighted by atomic mass is 9.88. The third-order valence-corrected chi connectivity index (χ3v) is 3.41. The zero-order chi connectivity index (χ0) is 17.1. The van der Waals surface area contributed by atoms with Crippen LogP contribution in [0.3, 0.4) is 0 Å². The Kier molecular flexibility index (Phi) is 6.00. The molecule has 6 atom stereocenters. The average Bonchev–Trinajstić information content (AvgIpc) is 2.38. The lowest BCUT2D eigenvalue weighted by Gasteiger charge is -2.45. The SMILES string of the molecule is CC(=O)NC1C([C@H](NC(C)=O)[C@@H](C)O)O[C@@](O)(C=O)C[C@H]1O. The molecule has 1 fully saturated rings. The second-order valence-electron chi connectivity index (χ2n) is 5.51. The molecule has 1 rings (SSSR count). The molecule has 1 aliphatic rings. The van der Waals surface area contributed by atoms with E-state index in [0.717, 1.165) is 0 Å².